The molecule has 2 N–H and O–H groups in total. The third-order valence-electron chi connectivity index (χ3n) is 1.75. The van der Waals surface area contributed by atoms with E-state index in [1.165, 1.54) is 12.1 Å². The molecule has 0 aliphatic heterocycles. The van der Waals surface area contributed by atoms with Crippen molar-refractivity contribution in [3.63, 3.8) is 0 Å². The number of aromatic amines is 2. The zero-order valence-corrected chi connectivity index (χ0v) is 7.15. The van der Waals surface area contributed by atoms with Gasteiger partial charge in [0.05, 0.1) is 5.69 Å². The maximum Gasteiger partial charge on any atom is 0.248 e. The first-order valence-corrected chi connectivity index (χ1v) is 4.01. The summed E-state index contributed by atoms with van der Waals surface area (Å²) in [6, 6.07) is 5.96. The lowest BCUT2D eigenvalue weighted by atomic mass is 10.2. The predicted octanol–water partition coefficient (Wildman–Crippen LogP) is 0.329. The third-order valence-corrected chi connectivity index (χ3v) is 1.75. The average molecular weight is 189 g/mol. The van der Waals surface area contributed by atoms with Crippen LogP contribution in [0.5, 0.6) is 0 Å². The maximum atomic E-state index is 11.6. The number of nitrogens with one attached hydrogen (secondary N) is 2. The molecule has 0 atom stereocenters. The van der Waals surface area contributed by atoms with Crippen molar-refractivity contribution in [1.82, 2.24) is 15.2 Å². The molecule has 0 radical (unpaired) electrons. The summed E-state index contributed by atoms with van der Waals surface area (Å²) in [7, 11) is 0. The van der Waals surface area contributed by atoms with Crippen LogP contribution in [0.15, 0.2) is 35.3 Å². The fraction of sp³-hybridized carbons (Fsp3) is 0. The van der Waals surface area contributed by atoms with E-state index in [1.54, 1.807) is 18.3 Å². The first-order valence-electron chi connectivity index (χ1n) is 4.01. The van der Waals surface area contributed by atoms with E-state index in [0.29, 0.717) is 0 Å². The molecule has 2 aromatic heterocycles. The van der Waals surface area contributed by atoms with Gasteiger partial charge in [0.15, 0.2) is 0 Å². The summed E-state index contributed by atoms with van der Waals surface area (Å²) in [6.07, 6.45) is 1.55. The van der Waals surface area contributed by atoms with Crippen LogP contribution in [0.3, 0.4) is 0 Å². The summed E-state index contributed by atoms with van der Waals surface area (Å²) >= 11 is 0. The molecule has 0 saturated heterocycles. The van der Waals surface area contributed by atoms with Crippen LogP contribution in [0.2, 0.25) is 0 Å². The minimum atomic E-state index is -0.302. The van der Waals surface area contributed by atoms with Gasteiger partial charge in [-0.15, -0.1) is 0 Å². The minimum absolute atomic E-state index is 0.240. The Morgan fingerprint density at radius 3 is 2.79 bits per heavy atom. The van der Waals surface area contributed by atoms with E-state index in [9.17, 15) is 9.59 Å². The zero-order valence-electron chi connectivity index (χ0n) is 7.15. The van der Waals surface area contributed by atoms with Gasteiger partial charge in [0.2, 0.25) is 11.3 Å². The van der Waals surface area contributed by atoms with Crippen molar-refractivity contribution < 1.29 is 4.79 Å². The molecular formula is C9H7N3O2. The third kappa shape index (κ3) is 1.47. The standard InChI is InChI=1S/C9H7N3O2/c13-8-3-1-2-6(11-8)9(14)7-4-5-10-12-7/h1-5H,(H,10,12)(H,11,13). The van der Waals surface area contributed by atoms with Gasteiger partial charge in [0.25, 0.3) is 0 Å². The Kier molecular flexibility index (Phi) is 1.98. The number of hydrogen-bond acceptors (Lipinski definition) is 3. The van der Waals surface area contributed by atoms with Crippen LogP contribution in [0, 0.1) is 0 Å². The second-order valence-electron chi connectivity index (χ2n) is 2.72. The van der Waals surface area contributed by atoms with E-state index in [2.05, 4.69) is 15.2 Å². The molecule has 0 aromatic carbocycles. The van der Waals surface area contributed by atoms with Crippen molar-refractivity contribution in [3.8, 4) is 0 Å². The lowest BCUT2D eigenvalue weighted by Gasteiger charge is -1.95. The van der Waals surface area contributed by atoms with Crippen LogP contribution in [-0.2, 0) is 0 Å². The Bertz CT molecular complexity index is 499. The van der Waals surface area contributed by atoms with Crippen LogP contribution >= 0.6 is 0 Å². The van der Waals surface area contributed by atoms with Crippen molar-refractivity contribution >= 4 is 5.78 Å². The van der Waals surface area contributed by atoms with Gasteiger partial charge in [-0.2, -0.15) is 5.10 Å². The molecule has 5 heteroatoms. The molecule has 0 fully saturated rings. The lowest BCUT2D eigenvalue weighted by molar-refractivity contribution is 0.102. The molecule has 2 rings (SSSR count). The van der Waals surface area contributed by atoms with Gasteiger partial charge in [-0.05, 0) is 12.1 Å². The van der Waals surface area contributed by atoms with Gasteiger partial charge >= 0.3 is 0 Å². The molecule has 5 nitrogen and oxygen atoms in total. The van der Waals surface area contributed by atoms with Crippen molar-refractivity contribution in [1.29, 1.82) is 0 Å². The predicted molar refractivity (Wildman–Crippen MR) is 49.1 cm³/mol. The number of ketones is 1. The molecule has 2 heterocycles. The fourth-order valence-corrected chi connectivity index (χ4v) is 1.10. The van der Waals surface area contributed by atoms with Crippen molar-refractivity contribution in [2.75, 3.05) is 0 Å². The average Bonchev–Trinajstić information content (AvgIpc) is 2.69. The topological polar surface area (TPSA) is 78.6 Å². The summed E-state index contributed by atoms with van der Waals surface area (Å²) in [5.41, 5.74) is 0.225. The first kappa shape index (κ1) is 8.43. The van der Waals surface area contributed by atoms with Gasteiger partial charge in [0, 0.05) is 12.3 Å². The minimum Gasteiger partial charge on any atom is -0.319 e. The molecule has 70 valence electrons. The maximum absolute atomic E-state index is 11.6. The first-order chi connectivity index (χ1) is 6.77. The van der Waals surface area contributed by atoms with Crippen LogP contribution in [0.4, 0.5) is 0 Å². The summed E-state index contributed by atoms with van der Waals surface area (Å²) < 4.78 is 0. The van der Waals surface area contributed by atoms with E-state index < -0.39 is 0 Å². The highest BCUT2D eigenvalue weighted by molar-refractivity contribution is 6.06. The van der Waals surface area contributed by atoms with Crippen molar-refractivity contribution in [3.05, 3.63) is 52.2 Å². The summed E-state index contributed by atoms with van der Waals surface area (Å²) in [5, 5.41) is 6.26. The monoisotopic (exact) mass is 189 g/mol. The molecule has 0 aliphatic carbocycles. The largest absolute Gasteiger partial charge is 0.319 e. The SMILES string of the molecule is O=C(c1cc[nH]n1)c1cccc(=O)[nH]1. The van der Waals surface area contributed by atoms with Gasteiger partial charge in [0.1, 0.15) is 5.69 Å². The number of nitrogens with zero attached hydrogens (tertiary/aromatic N) is 1. The van der Waals surface area contributed by atoms with E-state index in [1.807, 2.05) is 0 Å². The number of pyridine rings is 1. The molecular weight excluding hydrogens is 182 g/mol. The van der Waals surface area contributed by atoms with E-state index in [4.69, 9.17) is 0 Å². The molecule has 2 aromatic rings. The zero-order chi connectivity index (χ0) is 9.97. The molecule has 0 spiro atoms. The molecule has 0 unspecified atom stereocenters. The second-order valence-corrected chi connectivity index (χ2v) is 2.72. The number of carbonyl (C=O) groups is 1. The molecule has 0 bridgehead atoms. The Morgan fingerprint density at radius 2 is 2.14 bits per heavy atom. The number of rotatable bonds is 2. The van der Waals surface area contributed by atoms with Gasteiger partial charge in [-0.25, -0.2) is 0 Å². The normalized spacial score (nSPS) is 10.0. The summed E-state index contributed by atoms with van der Waals surface area (Å²) in [5.74, 6) is -0.302. The smallest absolute Gasteiger partial charge is 0.248 e. The highest BCUT2D eigenvalue weighted by atomic mass is 16.1. The Labute approximate surface area is 78.8 Å². The van der Waals surface area contributed by atoms with Crippen LogP contribution in [0.1, 0.15) is 16.2 Å². The fourth-order valence-electron chi connectivity index (χ4n) is 1.10. The van der Waals surface area contributed by atoms with E-state index in [-0.39, 0.29) is 22.7 Å². The molecule has 14 heavy (non-hydrogen) atoms. The lowest BCUT2D eigenvalue weighted by Crippen LogP contribution is -2.12. The highest BCUT2D eigenvalue weighted by Gasteiger charge is 2.10. The number of carbonyl (C=O) groups excluding carboxylic acids is 1. The number of hydrogen-bond donors (Lipinski definition) is 2. The van der Waals surface area contributed by atoms with E-state index >= 15 is 0 Å². The van der Waals surface area contributed by atoms with Crippen LogP contribution in [0.25, 0.3) is 0 Å². The summed E-state index contributed by atoms with van der Waals surface area (Å²) in [4.78, 5) is 25.0. The molecule has 0 saturated carbocycles. The second kappa shape index (κ2) is 3.29. The van der Waals surface area contributed by atoms with Gasteiger partial charge < -0.3 is 4.98 Å². The Hall–Kier alpha value is -2.17. The van der Waals surface area contributed by atoms with E-state index in [0.717, 1.165) is 0 Å². The Morgan fingerprint density at radius 1 is 1.29 bits per heavy atom. The molecule has 0 amide bonds. The van der Waals surface area contributed by atoms with Gasteiger partial charge in [-0.3, -0.25) is 14.7 Å². The highest BCUT2D eigenvalue weighted by Crippen LogP contribution is 2.01. The van der Waals surface area contributed by atoms with Crippen molar-refractivity contribution in [2.24, 2.45) is 0 Å². The quantitative estimate of drug-likeness (QED) is 0.668. The molecule has 0 aliphatic rings. The van der Waals surface area contributed by atoms with Crippen LogP contribution in [-0.4, -0.2) is 21.0 Å². The number of H-pyrrole nitrogens is 2. The number of aromatic nitrogens is 3. The summed E-state index contributed by atoms with van der Waals surface area (Å²) in [6.45, 7) is 0. The van der Waals surface area contributed by atoms with Gasteiger partial charge in [-0.1, -0.05) is 6.07 Å². The van der Waals surface area contributed by atoms with Crippen molar-refractivity contribution in [2.45, 2.75) is 0 Å². The Balaban J connectivity index is 2.42. The van der Waals surface area contributed by atoms with Crippen LogP contribution < -0.4 is 5.56 Å².